The van der Waals surface area contributed by atoms with E-state index < -0.39 is 12.2 Å². The quantitative estimate of drug-likeness (QED) is 0.814. The van der Waals surface area contributed by atoms with E-state index in [1.165, 1.54) is 4.90 Å². The summed E-state index contributed by atoms with van der Waals surface area (Å²) in [7, 11) is 0. The third-order valence-electron chi connectivity index (χ3n) is 3.36. The van der Waals surface area contributed by atoms with Crippen molar-refractivity contribution in [3.63, 3.8) is 0 Å². The maximum Gasteiger partial charge on any atom is 0.404 e. The van der Waals surface area contributed by atoms with Gasteiger partial charge < -0.3 is 9.47 Å². The number of nitrogens with zero attached hydrogens (tertiary/aromatic N) is 1. The Kier molecular flexibility index (Phi) is 2.62. The van der Waals surface area contributed by atoms with Crippen LogP contribution in [0.3, 0.4) is 0 Å². The number of likely N-dealkylation sites (tertiary alicyclic amines) is 1. The zero-order chi connectivity index (χ0) is 12.8. The van der Waals surface area contributed by atoms with Crippen molar-refractivity contribution in [1.29, 1.82) is 0 Å². The SMILES string of the molecule is FC(F)(F)C1CCN1Cc1cccc2c1OCO2. The van der Waals surface area contributed by atoms with Gasteiger partial charge in [-0.3, -0.25) is 4.90 Å². The van der Waals surface area contributed by atoms with Crippen molar-refractivity contribution in [3.05, 3.63) is 23.8 Å². The average Bonchev–Trinajstić information content (AvgIpc) is 2.70. The first-order chi connectivity index (χ1) is 8.55. The minimum atomic E-state index is -4.15. The first kappa shape index (κ1) is 11.6. The van der Waals surface area contributed by atoms with Crippen LogP contribution in [0.2, 0.25) is 0 Å². The minimum Gasteiger partial charge on any atom is -0.454 e. The van der Waals surface area contributed by atoms with Crippen LogP contribution in [0.15, 0.2) is 18.2 Å². The van der Waals surface area contributed by atoms with Crippen LogP contribution >= 0.6 is 0 Å². The summed E-state index contributed by atoms with van der Waals surface area (Å²) in [6, 6.07) is 3.98. The van der Waals surface area contributed by atoms with Crippen LogP contribution in [-0.4, -0.2) is 30.5 Å². The molecular formula is C12H12F3NO2. The van der Waals surface area contributed by atoms with Crippen LogP contribution in [0.1, 0.15) is 12.0 Å². The molecule has 1 atom stereocenters. The summed E-state index contributed by atoms with van der Waals surface area (Å²) in [5, 5.41) is 0. The van der Waals surface area contributed by atoms with Crippen molar-refractivity contribution in [2.75, 3.05) is 13.3 Å². The molecule has 98 valence electrons. The highest BCUT2D eigenvalue weighted by Crippen LogP contribution is 2.39. The van der Waals surface area contributed by atoms with E-state index in [4.69, 9.17) is 9.47 Å². The zero-order valence-corrected chi connectivity index (χ0v) is 9.54. The molecule has 6 heteroatoms. The molecule has 0 aliphatic carbocycles. The second-order valence-corrected chi connectivity index (χ2v) is 4.47. The Hall–Kier alpha value is -1.43. The zero-order valence-electron chi connectivity index (χ0n) is 9.54. The molecule has 2 aliphatic heterocycles. The highest BCUT2D eigenvalue weighted by Gasteiger charge is 2.48. The van der Waals surface area contributed by atoms with Crippen molar-refractivity contribution in [2.24, 2.45) is 0 Å². The van der Waals surface area contributed by atoms with E-state index in [0.29, 0.717) is 18.0 Å². The van der Waals surface area contributed by atoms with Gasteiger partial charge in [-0.1, -0.05) is 12.1 Å². The van der Waals surface area contributed by atoms with Crippen LogP contribution in [0.4, 0.5) is 13.2 Å². The number of hydrogen-bond donors (Lipinski definition) is 0. The molecule has 0 radical (unpaired) electrons. The number of fused-ring (bicyclic) bond motifs is 1. The van der Waals surface area contributed by atoms with Gasteiger partial charge in [0.1, 0.15) is 6.04 Å². The molecule has 2 aliphatic rings. The van der Waals surface area contributed by atoms with Crippen LogP contribution in [0, 0.1) is 0 Å². The number of benzene rings is 1. The van der Waals surface area contributed by atoms with Gasteiger partial charge in [-0.15, -0.1) is 0 Å². The summed E-state index contributed by atoms with van der Waals surface area (Å²) in [5.74, 6) is 1.18. The number of halogens is 3. The third kappa shape index (κ3) is 1.90. The standard InChI is InChI=1S/C12H12F3NO2/c13-12(14,15)10-4-5-16(10)6-8-2-1-3-9-11(8)18-7-17-9/h1-3,10H,4-7H2. The molecule has 18 heavy (non-hydrogen) atoms. The fourth-order valence-corrected chi connectivity index (χ4v) is 2.33. The number of hydrogen-bond acceptors (Lipinski definition) is 3. The van der Waals surface area contributed by atoms with Gasteiger partial charge >= 0.3 is 6.18 Å². The Morgan fingerprint density at radius 1 is 1.28 bits per heavy atom. The maximum absolute atomic E-state index is 12.6. The third-order valence-corrected chi connectivity index (χ3v) is 3.36. The van der Waals surface area contributed by atoms with Gasteiger partial charge in [-0.05, 0) is 12.5 Å². The Morgan fingerprint density at radius 2 is 2.11 bits per heavy atom. The molecule has 1 saturated heterocycles. The van der Waals surface area contributed by atoms with Crippen LogP contribution in [-0.2, 0) is 6.54 Å². The van der Waals surface area contributed by atoms with Gasteiger partial charge in [0.05, 0.1) is 0 Å². The van der Waals surface area contributed by atoms with Crippen molar-refractivity contribution >= 4 is 0 Å². The van der Waals surface area contributed by atoms with Crippen molar-refractivity contribution in [2.45, 2.75) is 25.2 Å². The molecule has 2 heterocycles. The van der Waals surface area contributed by atoms with E-state index in [1.807, 2.05) is 0 Å². The van der Waals surface area contributed by atoms with Crippen LogP contribution in [0.25, 0.3) is 0 Å². The van der Waals surface area contributed by atoms with Gasteiger partial charge in [0.15, 0.2) is 11.5 Å². The summed E-state index contributed by atoms with van der Waals surface area (Å²) < 4.78 is 48.4. The molecule has 0 amide bonds. The molecule has 0 saturated carbocycles. The predicted molar refractivity (Wildman–Crippen MR) is 57.4 cm³/mol. The molecule has 1 fully saturated rings. The van der Waals surface area contributed by atoms with E-state index in [0.717, 1.165) is 5.56 Å². The molecule has 0 bridgehead atoms. The van der Waals surface area contributed by atoms with Gasteiger partial charge in [0.25, 0.3) is 0 Å². The molecule has 0 aromatic heterocycles. The molecule has 1 aromatic rings. The fraction of sp³-hybridized carbons (Fsp3) is 0.500. The Labute approximate surface area is 102 Å². The summed E-state index contributed by atoms with van der Waals surface area (Å²) in [6.45, 7) is 0.848. The lowest BCUT2D eigenvalue weighted by Gasteiger charge is -2.41. The summed E-state index contributed by atoms with van der Waals surface area (Å²) >= 11 is 0. The maximum atomic E-state index is 12.6. The summed E-state index contributed by atoms with van der Waals surface area (Å²) in [4.78, 5) is 1.41. The lowest BCUT2D eigenvalue weighted by atomic mass is 10.0. The molecule has 0 N–H and O–H groups in total. The van der Waals surface area contributed by atoms with Crippen molar-refractivity contribution < 1.29 is 22.6 Å². The summed E-state index contributed by atoms with van der Waals surface area (Å²) in [5.41, 5.74) is 0.749. The van der Waals surface area contributed by atoms with E-state index in [-0.39, 0.29) is 19.8 Å². The highest BCUT2D eigenvalue weighted by atomic mass is 19.4. The van der Waals surface area contributed by atoms with E-state index in [1.54, 1.807) is 18.2 Å². The number of para-hydroxylation sites is 1. The number of alkyl halides is 3. The highest BCUT2D eigenvalue weighted by molar-refractivity contribution is 5.48. The van der Waals surface area contributed by atoms with Gasteiger partial charge in [-0.25, -0.2) is 0 Å². The molecule has 1 aromatic carbocycles. The first-order valence-electron chi connectivity index (χ1n) is 5.74. The molecule has 0 spiro atoms. The summed E-state index contributed by atoms with van der Waals surface area (Å²) in [6.07, 6.45) is -3.97. The second kappa shape index (κ2) is 4.05. The second-order valence-electron chi connectivity index (χ2n) is 4.47. The molecule has 3 nitrogen and oxygen atoms in total. The van der Waals surface area contributed by atoms with E-state index in [2.05, 4.69) is 0 Å². The fourth-order valence-electron chi connectivity index (χ4n) is 2.33. The average molecular weight is 259 g/mol. The topological polar surface area (TPSA) is 21.7 Å². The predicted octanol–water partition coefficient (Wildman–Crippen LogP) is 2.55. The normalized spacial score (nSPS) is 22.9. The number of ether oxygens (including phenoxy) is 2. The Morgan fingerprint density at radius 3 is 2.78 bits per heavy atom. The lowest BCUT2D eigenvalue weighted by molar-refractivity contribution is -0.212. The molecule has 3 rings (SSSR count). The number of rotatable bonds is 2. The lowest BCUT2D eigenvalue weighted by Crippen LogP contribution is -2.55. The Bertz CT molecular complexity index is 461. The van der Waals surface area contributed by atoms with Crippen molar-refractivity contribution in [3.8, 4) is 11.5 Å². The monoisotopic (exact) mass is 259 g/mol. The van der Waals surface area contributed by atoms with Gasteiger partial charge in [0, 0.05) is 18.7 Å². The van der Waals surface area contributed by atoms with E-state index in [9.17, 15) is 13.2 Å². The molecule has 1 unspecified atom stereocenters. The largest absolute Gasteiger partial charge is 0.454 e. The van der Waals surface area contributed by atoms with E-state index >= 15 is 0 Å². The van der Waals surface area contributed by atoms with Crippen LogP contribution in [0.5, 0.6) is 11.5 Å². The van der Waals surface area contributed by atoms with Gasteiger partial charge in [-0.2, -0.15) is 13.2 Å². The van der Waals surface area contributed by atoms with Crippen LogP contribution < -0.4 is 9.47 Å². The minimum absolute atomic E-state index is 0.134. The first-order valence-corrected chi connectivity index (χ1v) is 5.74. The smallest absolute Gasteiger partial charge is 0.404 e. The van der Waals surface area contributed by atoms with Gasteiger partial charge in [0.2, 0.25) is 6.79 Å². The molecular weight excluding hydrogens is 247 g/mol. The Balaban J connectivity index is 1.76. The van der Waals surface area contributed by atoms with Crippen molar-refractivity contribution in [1.82, 2.24) is 4.90 Å².